The molecule has 7 rings (SSSR count). The highest BCUT2D eigenvalue weighted by Crippen LogP contribution is 2.48. The Bertz CT molecular complexity index is 1720. The Morgan fingerprint density at radius 3 is 0.974 bits per heavy atom. The molecule has 0 atom stereocenters. The van der Waals surface area contributed by atoms with Crippen LogP contribution in [0.2, 0.25) is 0 Å². The molecular weight excluding hydrogens is 474 g/mol. The highest BCUT2D eigenvalue weighted by Gasteiger charge is 2.26. The normalized spacial score (nSPS) is 12.4. The highest BCUT2D eigenvalue weighted by atomic mass is 15.0. The molecule has 0 aliphatic heterocycles. The number of para-hydroxylation sites is 3. The van der Waals surface area contributed by atoms with Crippen molar-refractivity contribution in [2.24, 2.45) is 0 Å². The van der Waals surface area contributed by atoms with Crippen LogP contribution in [0.1, 0.15) is 59.3 Å². The molecule has 0 bridgehead atoms. The second kappa shape index (κ2) is 9.79. The quantitative estimate of drug-likeness (QED) is 0.182. The Morgan fingerprint density at radius 2 is 0.692 bits per heavy atom. The number of aryl methyl sites for hydroxylation is 3. The standard InChI is InChI=1S/C36H39N3/c1-4-7-22-37-28-19-13-10-16-25(28)31-34(37)32-26-17-11-14-20-29(26)38(23-8-5-2)36(32)33-27-18-12-15-21-30(27)39(35(31)33)24-9-6-3/h10-21H,4-9,22-24H2,1-3H3. The SMILES string of the molecule is CCCCn1c2ccccc2c2c1c1c3ccccc3n(CCCC)c1c1c3ccccc3n(CCCC)c21. The molecule has 198 valence electrons. The predicted octanol–water partition coefficient (Wildman–Crippen LogP) is 10.4. The first-order valence-corrected chi connectivity index (χ1v) is 15.1. The second-order valence-electron chi connectivity index (χ2n) is 11.2. The van der Waals surface area contributed by atoms with Gasteiger partial charge in [0.25, 0.3) is 0 Å². The maximum Gasteiger partial charge on any atom is 0.0614 e. The average molecular weight is 514 g/mol. The van der Waals surface area contributed by atoms with Crippen molar-refractivity contribution in [1.29, 1.82) is 0 Å². The zero-order chi connectivity index (χ0) is 26.5. The molecule has 7 aromatic rings. The van der Waals surface area contributed by atoms with Crippen LogP contribution in [-0.4, -0.2) is 13.7 Å². The number of fused-ring (bicyclic) bond motifs is 12. The number of hydrogen-bond donors (Lipinski definition) is 0. The minimum Gasteiger partial charge on any atom is -0.340 e. The number of nitrogens with zero attached hydrogens (tertiary/aromatic N) is 3. The largest absolute Gasteiger partial charge is 0.340 e. The van der Waals surface area contributed by atoms with E-state index in [4.69, 9.17) is 0 Å². The lowest BCUT2D eigenvalue weighted by Crippen LogP contribution is -2.01. The van der Waals surface area contributed by atoms with E-state index in [1.807, 2.05) is 0 Å². The molecule has 0 saturated carbocycles. The van der Waals surface area contributed by atoms with E-state index >= 15 is 0 Å². The van der Waals surface area contributed by atoms with Gasteiger partial charge in [-0.15, -0.1) is 0 Å². The van der Waals surface area contributed by atoms with Crippen LogP contribution in [0.4, 0.5) is 0 Å². The van der Waals surface area contributed by atoms with E-state index in [-0.39, 0.29) is 0 Å². The summed E-state index contributed by atoms with van der Waals surface area (Å²) in [5, 5.41) is 8.49. The van der Waals surface area contributed by atoms with E-state index in [1.165, 1.54) is 104 Å². The number of benzene rings is 4. The van der Waals surface area contributed by atoms with E-state index in [9.17, 15) is 0 Å². The van der Waals surface area contributed by atoms with Crippen LogP contribution in [0.25, 0.3) is 65.4 Å². The molecule has 0 fully saturated rings. The fraction of sp³-hybridized carbons (Fsp3) is 0.333. The third-order valence-corrected chi connectivity index (χ3v) is 8.83. The van der Waals surface area contributed by atoms with Crippen molar-refractivity contribution in [3.8, 4) is 0 Å². The Labute approximate surface area is 230 Å². The zero-order valence-corrected chi connectivity index (χ0v) is 23.6. The van der Waals surface area contributed by atoms with Crippen molar-refractivity contribution in [1.82, 2.24) is 13.7 Å². The maximum atomic E-state index is 2.66. The molecule has 0 aliphatic rings. The van der Waals surface area contributed by atoms with Gasteiger partial charge in [-0.25, -0.2) is 0 Å². The van der Waals surface area contributed by atoms with Crippen LogP contribution < -0.4 is 0 Å². The molecule has 3 aromatic heterocycles. The molecule has 0 amide bonds. The average Bonchev–Trinajstić information content (AvgIpc) is 3.59. The van der Waals surface area contributed by atoms with Crippen LogP contribution in [0, 0.1) is 0 Å². The third kappa shape index (κ3) is 3.48. The molecule has 0 aliphatic carbocycles. The fourth-order valence-corrected chi connectivity index (χ4v) is 7.05. The molecule has 0 unspecified atom stereocenters. The number of rotatable bonds is 9. The van der Waals surface area contributed by atoms with Crippen molar-refractivity contribution in [3.63, 3.8) is 0 Å². The number of hydrogen-bond acceptors (Lipinski definition) is 0. The summed E-state index contributed by atoms with van der Waals surface area (Å²) < 4.78 is 7.98. The van der Waals surface area contributed by atoms with E-state index in [2.05, 4.69) is 107 Å². The summed E-state index contributed by atoms with van der Waals surface area (Å²) in [6, 6.07) is 27.5. The van der Waals surface area contributed by atoms with E-state index < -0.39 is 0 Å². The first-order chi connectivity index (χ1) is 19.3. The van der Waals surface area contributed by atoms with Crippen LogP contribution in [-0.2, 0) is 19.6 Å². The molecular formula is C36H39N3. The van der Waals surface area contributed by atoms with Gasteiger partial charge >= 0.3 is 0 Å². The minimum absolute atomic E-state index is 1.05. The van der Waals surface area contributed by atoms with E-state index in [0.29, 0.717) is 0 Å². The fourth-order valence-electron chi connectivity index (χ4n) is 7.05. The van der Waals surface area contributed by atoms with Gasteiger partial charge < -0.3 is 13.7 Å². The summed E-state index contributed by atoms with van der Waals surface area (Å²) in [4.78, 5) is 0. The van der Waals surface area contributed by atoms with Crippen molar-refractivity contribution in [2.75, 3.05) is 0 Å². The summed E-state index contributed by atoms with van der Waals surface area (Å²) in [7, 11) is 0. The summed E-state index contributed by atoms with van der Waals surface area (Å²) in [6.45, 7) is 10.1. The van der Waals surface area contributed by atoms with Crippen LogP contribution in [0.5, 0.6) is 0 Å². The molecule has 3 heteroatoms. The van der Waals surface area contributed by atoms with Crippen molar-refractivity contribution in [3.05, 3.63) is 72.8 Å². The van der Waals surface area contributed by atoms with Crippen molar-refractivity contribution >= 4 is 65.4 Å². The molecule has 3 nitrogen and oxygen atoms in total. The summed E-state index contributed by atoms with van der Waals surface area (Å²) >= 11 is 0. The Morgan fingerprint density at radius 1 is 0.410 bits per heavy atom. The van der Waals surface area contributed by atoms with Gasteiger partial charge in [0.2, 0.25) is 0 Å². The molecule has 0 spiro atoms. The van der Waals surface area contributed by atoms with Crippen LogP contribution in [0.3, 0.4) is 0 Å². The van der Waals surface area contributed by atoms with Gasteiger partial charge in [0.05, 0.1) is 16.6 Å². The highest BCUT2D eigenvalue weighted by molar-refractivity contribution is 6.39. The lowest BCUT2D eigenvalue weighted by atomic mass is 10.0. The van der Waals surface area contributed by atoms with Gasteiger partial charge in [0.1, 0.15) is 0 Å². The molecule has 4 aromatic carbocycles. The second-order valence-corrected chi connectivity index (χ2v) is 11.2. The van der Waals surface area contributed by atoms with Crippen molar-refractivity contribution < 1.29 is 0 Å². The number of aromatic nitrogens is 3. The summed E-state index contributed by atoms with van der Waals surface area (Å²) in [5.41, 5.74) is 8.39. The third-order valence-electron chi connectivity index (χ3n) is 8.83. The molecule has 39 heavy (non-hydrogen) atoms. The van der Waals surface area contributed by atoms with E-state index in [1.54, 1.807) is 0 Å². The molecule has 0 saturated heterocycles. The van der Waals surface area contributed by atoms with Gasteiger partial charge in [-0.2, -0.15) is 0 Å². The zero-order valence-electron chi connectivity index (χ0n) is 23.6. The summed E-state index contributed by atoms with van der Waals surface area (Å²) in [5.74, 6) is 0. The lowest BCUT2D eigenvalue weighted by molar-refractivity contribution is 0.662. The topological polar surface area (TPSA) is 14.8 Å². The van der Waals surface area contributed by atoms with Crippen LogP contribution >= 0.6 is 0 Å². The number of unbranched alkanes of at least 4 members (excludes halogenated alkanes) is 3. The van der Waals surface area contributed by atoms with Crippen molar-refractivity contribution in [2.45, 2.75) is 78.9 Å². The maximum absolute atomic E-state index is 2.66. The minimum atomic E-state index is 1.05. The smallest absolute Gasteiger partial charge is 0.0614 e. The van der Waals surface area contributed by atoms with Gasteiger partial charge in [0.15, 0.2) is 0 Å². The Hall–Kier alpha value is -3.72. The van der Waals surface area contributed by atoms with Gasteiger partial charge in [0, 0.05) is 68.5 Å². The monoisotopic (exact) mass is 513 g/mol. The van der Waals surface area contributed by atoms with Crippen LogP contribution in [0.15, 0.2) is 72.8 Å². The predicted molar refractivity (Wildman–Crippen MR) is 170 cm³/mol. The summed E-state index contributed by atoms with van der Waals surface area (Å²) in [6.07, 6.45) is 7.11. The van der Waals surface area contributed by atoms with Gasteiger partial charge in [-0.1, -0.05) is 94.6 Å². The Kier molecular flexibility index (Phi) is 6.11. The molecule has 0 N–H and O–H groups in total. The van der Waals surface area contributed by atoms with Gasteiger partial charge in [-0.3, -0.25) is 0 Å². The Balaban J connectivity index is 1.84. The van der Waals surface area contributed by atoms with E-state index in [0.717, 1.165) is 19.6 Å². The first kappa shape index (κ1) is 24.3. The lowest BCUT2D eigenvalue weighted by Gasteiger charge is -2.13. The molecule has 3 heterocycles. The molecule has 0 radical (unpaired) electrons. The van der Waals surface area contributed by atoms with Gasteiger partial charge in [-0.05, 0) is 37.5 Å². The first-order valence-electron chi connectivity index (χ1n) is 15.1.